The molecule has 1 unspecified atom stereocenters. The first kappa shape index (κ1) is 20.7. The Morgan fingerprint density at radius 3 is 2.12 bits per heavy atom. The van der Waals surface area contributed by atoms with E-state index in [1.54, 1.807) is 0 Å². The number of benzene rings is 4. The van der Waals surface area contributed by atoms with Crippen molar-refractivity contribution in [3.8, 4) is 16.9 Å². The van der Waals surface area contributed by atoms with Crippen LogP contribution < -0.4 is 4.74 Å². The first-order chi connectivity index (χ1) is 15.7. The van der Waals surface area contributed by atoms with Crippen LogP contribution in [-0.2, 0) is 13.0 Å². The molecule has 1 aliphatic rings. The van der Waals surface area contributed by atoms with E-state index < -0.39 is 0 Å². The Hall–Kier alpha value is -3.17. The number of fused-ring (bicyclic) bond motifs is 1. The zero-order valence-electron chi connectivity index (χ0n) is 17.6. The molecule has 2 nitrogen and oxygen atoms in total. The van der Waals surface area contributed by atoms with Crippen molar-refractivity contribution in [2.24, 2.45) is 0 Å². The number of halogens is 1. The van der Waals surface area contributed by atoms with Crippen molar-refractivity contribution in [2.45, 2.75) is 25.4 Å². The van der Waals surface area contributed by atoms with Gasteiger partial charge in [0.15, 0.2) is 5.78 Å². The van der Waals surface area contributed by atoms with Gasteiger partial charge in [-0.2, -0.15) is 0 Å². The molecule has 0 amide bonds. The lowest BCUT2D eigenvalue weighted by Crippen LogP contribution is -2.18. The zero-order chi connectivity index (χ0) is 21.9. The van der Waals surface area contributed by atoms with Crippen molar-refractivity contribution in [2.75, 3.05) is 0 Å². The highest BCUT2D eigenvalue weighted by atomic mass is 79.9. The van der Waals surface area contributed by atoms with E-state index in [1.165, 1.54) is 16.7 Å². The van der Waals surface area contributed by atoms with Crippen LogP contribution in [-0.4, -0.2) is 5.78 Å². The number of carbonyl (C=O) groups is 1. The van der Waals surface area contributed by atoms with Gasteiger partial charge in [-0.15, -0.1) is 0 Å². The highest BCUT2D eigenvalue weighted by Crippen LogP contribution is 2.33. The summed E-state index contributed by atoms with van der Waals surface area (Å²) in [5.41, 5.74) is 6.74. The first-order valence-electron chi connectivity index (χ1n) is 10.8. The van der Waals surface area contributed by atoms with E-state index in [1.807, 2.05) is 30.3 Å². The Bertz CT molecular complexity index is 1230. The third-order valence-corrected chi connectivity index (χ3v) is 6.63. The van der Waals surface area contributed by atoms with E-state index in [2.05, 4.69) is 82.7 Å². The zero-order valence-corrected chi connectivity index (χ0v) is 19.2. The fourth-order valence-electron chi connectivity index (χ4n) is 4.32. The molecule has 1 atom stereocenters. The van der Waals surface area contributed by atoms with E-state index in [0.29, 0.717) is 13.0 Å². The lowest BCUT2D eigenvalue weighted by Gasteiger charge is -2.24. The average Bonchev–Trinajstić information content (AvgIpc) is 2.84. The van der Waals surface area contributed by atoms with Crippen LogP contribution in [0.15, 0.2) is 102 Å². The van der Waals surface area contributed by atoms with Gasteiger partial charge in [0, 0.05) is 16.5 Å². The summed E-state index contributed by atoms with van der Waals surface area (Å²) in [7, 11) is 0. The summed E-state index contributed by atoms with van der Waals surface area (Å²) in [6, 6.07) is 33.0. The van der Waals surface area contributed by atoms with Gasteiger partial charge in [-0.3, -0.25) is 4.79 Å². The molecule has 0 saturated heterocycles. The predicted molar refractivity (Wildman–Crippen MR) is 132 cm³/mol. The minimum absolute atomic E-state index is 0.234. The number of hydrogen-bond donors (Lipinski definition) is 0. The van der Waals surface area contributed by atoms with Crippen LogP contribution in [0.1, 0.15) is 39.4 Å². The van der Waals surface area contributed by atoms with Crippen LogP contribution in [0.4, 0.5) is 0 Å². The van der Waals surface area contributed by atoms with Crippen LogP contribution in [0.3, 0.4) is 0 Å². The van der Waals surface area contributed by atoms with Crippen molar-refractivity contribution in [1.29, 1.82) is 0 Å². The molecule has 32 heavy (non-hydrogen) atoms. The predicted octanol–water partition coefficient (Wildman–Crippen LogP) is 7.61. The lowest BCUT2D eigenvalue weighted by molar-refractivity contribution is 0.0964. The topological polar surface area (TPSA) is 26.3 Å². The molecule has 4 aromatic rings. The number of hydrogen-bond acceptors (Lipinski definition) is 2. The normalized spacial score (nSPS) is 15.3. The van der Waals surface area contributed by atoms with Crippen LogP contribution in [0.2, 0.25) is 0 Å². The largest absolute Gasteiger partial charge is 0.489 e. The Labute approximate surface area is 197 Å². The van der Waals surface area contributed by atoms with Gasteiger partial charge in [0.05, 0.1) is 0 Å². The van der Waals surface area contributed by atoms with Crippen LogP contribution in [0.25, 0.3) is 11.1 Å². The average molecular weight is 483 g/mol. The van der Waals surface area contributed by atoms with Gasteiger partial charge in [0.25, 0.3) is 0 Å². The van der Waals surface area contributed by atoms with Crippen LogP contribution in [0.5, 0.6) is 5.75 Å². The highest BCUT2D eigenvalue weighted by molar-refractivity contribution is 9.10. The molecule has 0 heterocycles. The second kappa shape index (κ2) is 9.13. The summed E-state index contributed by atoms with van der Waals surface area (Å²) in [4.78, 5) is 12.5. The van der Waals surface area contributed by atoms with E-state index in [4.69, 9.17) is 4.74 Å². The number of ketones is 1. The second-order valence-electron chi connectivity index (χ2n) is 8.25. The molecule has 158 valence electrons. The fraction of sp³-hybridized carbons (Fsp3) is 0.138. The Balaban J connectivity index is 1.21. The molecular formula is C29H23BrO2. The molecule has 0 aromatic heterocycles. The Morgan fingerprint density at radius 1 is 0.750 bits per heavy atom. The van der Waals surface area contributed by atoms with Crippen molar-refractivity contribution < 1.29 is 9.53 Å². The first-order valence-corrected chi connectivity index (χ1v) is 11.6. The summed E-state index contributed by atoms with van der Waals surface area (Å²) >= 11 is 3.48. The molecular weight excluding hydrogens is 460 g/mol. The monoisotopic (exact) mass is 482 g/mol. The van der Waals surface area contributed by atoms with Gasteiger partial charge in [-0.1, -0.05) is 88.7 Å². The summed E-state index contributed by atoms with van der Waals surface area (Å²) in [5.74, 6) is 1.31. The molecule has 0 N–H and O–H groups in total. The number of ether oxygens (including phenoxy) is 1. The van der Waals surface area contributed by atoms with Gasteiger partial charge in [0.1, 0.15) is 12.4 Å². The maximum absolute atomic E-state index is 12.5. The maximum Gasteiger partial charge on any atom is 0.163 e. The van der Waals surface area contributed by atoms with Crippen molar-refractivity contribution in [1.82, 2.24) is 0 Å². The van der Waals surface area contributed by atoms with Gasteiger partial charge in [-0.05, 0) is 64.4 Å². The molecule has 5 rings (SSSR count). The SMILES string of the molecule is O=C1CC(c2ccc(OCc3ccc(-c4ccc(Br)cc4)cc3)cc2)Cc2ccccc21. The molecule has 0 spiro atoms. The molecule has 0 aliphatic heterocycles. The highest BCUT2D eigenvalue weighted by Gasteiger charge is 2.25. The number of carbonyl (C=O) groups excluding carboxylic acids is 1. The van der Waals surface area contributed by atoms with Crippen molar-refractivity contribution in [3.05, 3.63) is 124 Å². The lowest BCUT2D eigenvalue weighted by atomic mass is 9.79. The standard InChI is InChI=1S/C29H23BrO2/c30-26-13-9-22(10-14-26)21-7-5-20(6-8-21)19-32-27-15-11-23(12-16-27)25-17-24-3-1-2-4-28(24)29(31)18-25/h1-16,25H,17-19H2. The van der Waals surface area contributed by atoms with E-state index in [9.17, 15) is 4.79 Å². The van der Waals surface area contributed by atoms with Crippen molar-refractivity contribution in [3.63, 3.8) is 0 Å². The molecule has 0 fully saturated rings. The molecule has 0 bridgehead atoms. The Kier molecular flexibility index (Phi) is 5.91. The van der Waals surface area contributed by atoms with E-state index in [-0.39, 0.29) is 11.7 Å². The van der Waals surface area contributed by atoms with E-state index in [0.717, 1.165) is 33.3 Å². The van der Waals surface area contributed by atoms with Gasteiger partial charge in [-0.25, -0.2) is 0 Å². The summed E-state index contributed by atoms with van der Waals surface area (Å²) < 4.78 is 7.08. The number of Topliss-reactive ketones (excluding diaryl/α,β-unsaturated/α-hetero) is 1. The molecule has 3 heteroatoms. The van der Waals surface area contributed by atoms with Gasteiger partial charge in [0.2, 0.25) is 0 Å². The molecule has 0 saturated carbocycles. The third kappa shape index (κ3) is 4.53. The molecule has 4 aromatic carbocycles. The van der Waals surface area contributed by atoms with Crippen LogP contribution in [0, 0.1) is 0 Å². The fourth-order valence-corrected chi connectivity index (χ4v) is 4.58. The quantitative estimate of drug-likeness (QED) is 0.292. The van der Waals surface area contributed by atoms with Gasteiger partial charge >= 0.3 is 0 Å². The van der Waals surface area contributed by atoms with E-state index >= 15 is 0 Å². The van der Waals surface area contributed by atoms with Crippen LogP contribution >= 0.6 is 15.9 Å². The molecule has 0 radical (unpaired) electrons. The van der Waals surface area contributed by atoms with Crippen molar-refractivity contribution >= 4 is 21.7 Å². The van der Waals surface area contributed by atoms with Gasteiger partial charge < -0.3 is 4.74 Å². The maximum atomic E-state index is 12.5. The summed E-state index contributed by atoms with van der Waals surface area (Å²) in [6.07, 6.45) is 1.48. The summed E-state index contributed by atoms with van der Waals surface area (Å²) in [5, 5.41) is 0. The second-order valence-corrected chi connectivity index (χ2v) is 9.16. The summed E-state index contributed by atoms with van der Waals surface area (Å²) in [6.45, 7) is 0.523. The number of rotatable bonds is 5. The smallest absolute Gasteiger partial charge is 0.163 e. The Morgan fingerprint density at radius 2 is 1.41 bits per heavy atom. The molecule has 1 aliphatic carbocycles. The minimum Gasteiger partial charge on any atom is -0.489 e. The minimum atomic E-state index is 0.234. The third-order valence-electron chi connectivity index (χ3n) is 6.10.